The van der Waals surface area contributed by atoms with Gasteiger partial charge < -0.3 is 0 Å². The van der Waals surface area contributed by atoms with Gasteiger partial charge in [-0.05, 0) is 0 Å². The van der Waals surface area contributed by atoms with Gasteiger partial charge in [0, 0.05) is 0 Å². The van der Waals surface area contributed by atoms with Gasteiger partial charge in [0.25, 0.3) is 0 Å². The van der Waals surface area contributed by atoms with Crippen molar-refractivity contribution in [2.24, 2.45) is 0 Å². The molecule has 0 aliphatic carbocycles. The average molecular weight is 2040 g/mol. The van der Waals surface area contributed by atoms with Crippen LogP contribution in [-0.2, 0) is 0 Å². The van der Waals surface area contributed by atoms with Gasteiger partial charge in [0.1, 0.15) is 0 Å². The molecular formula is C72H144Br6F6N18P6. The van der Waals surface area contributed by atoms with E-state index in [1.165, 1.54) is 0 Å². The predicted octanol–water partition coefficient (Wildman–Crippen LogP) is 22.6. The van der Waals surface area contributed by atoms with Crippen LogP contribution in [-0.4, -0.2) is 320 Å². The third-order valence-corrected chi connectivity index (χ3v) is 76.1. The molecule has 0 bridgehead atoms. The Kier molecular flexibility index (Phi) is 31.2. The summed E-state index contributed by atoms with van der Waals surface area (Å²) in [5.74, 6) is 0. The second-order valence-corrected chi connectivity index (χ2v) is 76.2. The Balaban J connectivity index is 0.000000114. The van der Waals surface area contributed by atoms with E-state index < -0.39 is 36.4 Å². The minimum atomic E-state index is -3.63. The number of halogens is 12. The number of hydrogen-bond donors (Lipinski definition) is 0. The summed E-state index contributed by atoms with van der Waals surface area (Å²) in [6.07, 6.45) is 41.3. The Morgan fingerprint density at radius 2 is 0.139 bits per heavy atom. The Hall–Kier alpha value is 4.32. The van der Waals surface area contributed by atoms with Gasteiger partial charge in [0.2, 0.25) is 0 Å². The van der Waals surface area contributed by atoms with Crippen molar-refractivity contribution in [2.45, 2.75) is 231 Å². The maximum absolute atomic E-state index is 16.4. The first-order chi connectivity index (χ1) is 51.7. The van der Waals surface area contributed by atoms with Crippen LogP contribution in [0, 0.1) is 0 Å². The van der Waals surface area contributed by atoms with Gasteiger partial charge in [-0.1, -0.05) is 0 Å². The number of rotatable bonds is 18. The van der Waals surface area contributed by atoms with Crippen molar-refractivity contribution in [2.75, 3.05) is 236 Å². The van der Waals surface area contributed by atoms with Gasteiger partial charge >= 0.3 is 705 Å². The van der Waals surface area contributed by atoms with Crippen molar-refractivity contribution >= 4 is 129 Å². The second-order valence-electron chi connectivity index (χ2n) is 34.6. The van der Waals surface area contributed by atoms with Crippen LogP contribution in [0.2, 0.25) is 0 Å². The van der Waals surface area contributed by atoms with Crippen LogP contribution in [0.5, 0.6) is 0 Å². The van der Waals surface area contributed by atoms with Gasteiger partial charge in [-0.3, -0.25) is 0 Å². The molecule has 18 aliphatic heterocycles. The molecule has 18 heterocycles. The normalized spacial score (nSPS) is 30.9. The van der Waals surface area contributed by atoms with Gasteiger partial charge in [-0.25, -0.2) is 0 Å². The third kappa shape index (κ3) is 17.5. The van der Waals surface area contributed by atoms with E-state index in [0.717, 1.165) is 467 Å². The summed E-state index contributed by atoms with van der Waals surface area (Å²) in [6.45, 7) is 33.2. The molecule has 18 saturated heterocycles. The van der Waals surface area contributed by atoms with Crippen molar-refractivity contribution in [3.8, 4) is 0 Å². The Bertz CT molecular complexity index is 2060. The average Bonchev–Trinajstić information content (AvgIpc) is 1.47. The first-order valence-electron chi connectivity index (χ1n) is 44.0. The quantitative estimate of drug-likeness (QED) is 0.0966. The zero-order chi connectivity index (χ0) is 76.0. The zero-order valence-electron chi connectivity index (χ0n) is 66.2. The van der Waals surface area contributed by atoms with Gasteiger partial charge in [0.05, 0.1) is 0 Å². The Labute approximate surface area is 699 Å². The molecule has 636 valence electrons. The summed E-state index contributed by atoms with van der Waals surface area (Å²) in [6, 6.07) is -21.8. The number of nitrogens with zero attached hydrogens (tertiary/aromatic N) is 18. The molecule has 18 nitrogen and oxygen atoms in total. The molecule has 0 aromatic carbocycles. The summed E-state index contributed by atoms with van der Waals surface area (Å²) >= 11 is 22.3. The van der Waals surface area contributed by atoms with Gasteiger partial charge in [0.15, 0.2) is 0 Å². The first-order valence-corrected chi connectivity index (χ1v) is 68.0. The molecule has 18 fully saturated rings. The van der Waals surface area contributed by atoms with Crippen LogP contribution >= 0.6 is 129 Å². The van der Waals surface area contributed by atoms with Gasteiger partial charge in [-0.15, -0.1) is 0 Å². The van der Waals surface area contributed by atoms with E-state index in [1.807, 2.05) is 0 Å². The van der Waals surface area contributed by atoms with E-state index in [-0.39, 0.29) is 0 Å². The summed E-state index contributed by atoms with van der Waals surface area (Å²) in [5.41, 5.74) is 0. The van der Waals surface area contributed by atoms with Crippen LogP contribution in [0.3, 0.4) is 0 Å². The molecule has 0 saturated carbocycles. The van der Waals surface area contributed by atoms with E-state index in [4.69, 9.17) is 0 Å². The van der Waals surface area contributed by atoms with Crippen LogP contribution in [0.25, 0.3) is 0 Å². The summed E-state index contributed by atoms with van der Waals surface area (Å²) in [4.78, 5) is 0. The molecule has 36 heteroatoms. The van der Waals surface area contributed by atoms with E-state index in [0.29, 0.717) is 0 Å². The molecule has 0 N–H and O–H groups in total. The fourth-order valence-corrected chi connectivity index (χ4v) is 62.3. The number of hydrogen-bond acceptors (Lipinski definition) is 18. The molecule has 0 radical (unpaired) electrons. The fraction of sp³-hybridized carbons (Fsp3) is 1.00. The third-order valence-electron chi connectivity index (χ3n) is 27.9. The van der Waals surface area contributed by atoms with Crippen molar-refractivity contribution < 1.29 is 25.2 Å². The second kappa shape index (κ2) is 37.4. The van der Waals surface area contributed by atoms with E-state index in [2.05, 4.69) is 177 Å². The standard InChI is InChI=1S/6C12H24BrFN3P/c6*13-18(14,15-7-1-2-8-15,16-9-3-4-10-16)17-11-5-6-12-17/h6*1-12H2. The molecule has 0 aromatic rings. The van der Waals surface area contributed by atoms with Crippen molar-refractivity contribution in [1.82, 2.24) is 84.1 Å². The summed E-state index contributed by atoms with van der Waals surface area (Å²) < 4.78 is 137. The molecule has 108 heavy (non-hydrogen) atoms. The zero-order valence-corrected chi connectivity index (χ0v) is 81.1. The van der Waals surface area contributed by atoms with Crippen LogP contribution in [0.1, 0.15) is 231 Å². The van der Waals surface area contributed by atoms with Crippen molar-refractivity contribution in [1.29, 1.82) is 0 Å². The summed E-state index contributed by atoms with van der Waals surface area (Å²) in [7, 11) is 0. The van der Waals surface area contributed by atoms with Crippen LogP contribution in [0.15, 0.2) is 0 Å². The Morgan fingerprint density at radius 1 is 0.102 bits per heavy atom. The molecule has 0 aromatic heterocycles. The van der Waals surface area contributed by atoms with E-state index >= 15 is 25.2 Å². The summed E-state index contributed by atoms with van der Waals surface area (Å²) in [5, 5.41) is 0. The van der Waals surface area contributed by atoms with Gasteiger partial charge in [-0.2, -0.15) is 0 Å². The maximum atomic E-state index is 16.4. The topological polar surface area (TPSA) is 58.3 Å². The molecular weight excluding hydrogens is 1900 g/mol. The molecule has 0 unspecified atom stereocenters. The molecule has 0 atom stereocenters. The predicted molar refractivity (Wildman–Crippen MR) is 476 cm³/mol. The minimum absolute atomic E-state index is 0.923. The first kappa shape index (κ1) is 90.1. The molecule has 0 spiro atoms. The fourth-order valence-electron chi connectivity index (χ4n) is 21.8. The van der Waals surface area contributed by atoms with E-state index in [9.17, 15) is 0 Å². The Morgan fingerprint density at radius 3 is 0.176 bits per heavy atom. The molecule has 18 rings (SSSR count). The van der Waals surface area contributed by atoms with E-state index in [1.54, 1.807) is 0 Å². The molecule has 18 aliphatic rings. The molecule has 0 amide bonds. The SMILES string of the molecule is FP(Br)(N1CCCC1)(N1CCCC1)N1CCCC1.FP(Br)(N1CCCC1)(N1CCCC1)N1CCCC1.FP(Br)(N1CCCC1)(N1CCCC1)N1CCCC1.FP(Br)(N1CCCC1)(N1CCCC1)N1CCCC1.FP(Br)(N1CCCC1)(N1CCCC1)N1CCCC1.FP(Br)(N1CCCC1)(N1CCCC1)N1CCCC1. The monoisotopic (exact) mass is 2030 g/mol. The van der Waals surface area contributed by atoms with Crippen molar-refractivity contribution in [3.05, 3.63) is 0 Å². The van der Waals surface area contributed by atoms with Crippen LogP contribution < -0.4 is 0 Å². The van der Waals surface area contributed by atoms with Crippen LogP contribution in [0.4, 0.5) is 25.2 Å². The van der Waals surface area contributed by atoms with Crippen molar-refractivity contribution in [3.63, 3.8) is 0 Å².